The van der Waals surface area contributed by atoms with Crippen LogP contribution in [0.1, 0.15) is 53.9 Å². The average molecular weight is 273 g/mol. The molecule has 0 aromatic rings. The van der Waals surface area contributed by atoms with Crippen LogP contribution in [0.3, 0.4) is 0 Å². The highest BCUT2D eigenvalue weighted by molar-refractivity contribution is 6.74. The summed E-state index contributed by atoms with van der Waals surface area (Å²) < 4.78 is 12.2. The maximum absolute atomic E-state index is 6.26. The first kappa shape index (κ1) is 16.2. The molecule has 0 amide bonds. The van der Waals surface area contributed by atoms with E-state index in [1.54, 1.807) is 0 Å². The first-order chi connectivity index (χ1) is 8.13. The number of hydrogen-bond donors (Lipinski definition) is 0. The summed E-state index contributed by atoms with van der Waals surface area (Å²) >= 11 is 0. The molecule has 3 atom stereocenters. The Kier molecular flexibility index (Phi) is 5.45. The smallest absolute Gasteiger partial charge is 0.191 e. The summed E-state index contributed by atoms with van der Waals surface area (Å²) in [5.41, 5.74) is 0. The van der Waals surface area contributed by atoms with Crippen LogP contribution < -0.4 is 0 Å². The van der Waals surface area contributed by atoms with Crippen LogP contribution in [0, 0.1) is 5.92 Å². The fourth-order valence-corrected chi connectivity index (χ4v) is 3.35. The molecule has 0 aromatic heterocycles. The average Bonchev–Trinajstić information content (AvgIpc) is 2.19. The van der Waals surface area contributed by atoms with Crippen LogP contribution in [-0.2, 0) is 9.16 Å². The SMILES string of the molecule is CC1CC[C@@H](CCO[Si](C)(C)C(C)(C)C)C(C)O1. The van der Waals surface area contributed by atoms with Crippen LogP contribution in [0.5, 0.6) is 0 Å². The van der Waals surface area contributed by atoms with E-state index in [0.29, 0.717) is 23.2 Å². The fourth-order valence-electron chi connectivity index (χ4n) is 2.29. The van der Waals surface area contributed by atoms with Gasteiger partial charge in [0.1, 0.15) is 0 Å². The monoisotopic (exact) mass is 272 g/mol. The molecule has 1 rings (SSSR count). The third-order valence-electron chi connectivity index (χ3n) is 4.81. The van der Waals surface area contributed by atoms with Gasteiger partial charge in [0.05, 0.1) is 12.2 Å². The highest BCUT2D eigenvalue weighted by Crippen LogP contribution is 2.37. The summed E-state index contributed by atoms with van der Waals surface area (Å²) in [6.07, 6.45) is 4.49. The summed E-state index contributed by atoms with van der Waals surface area (Å²) in [4.78, 5) is 0. The predicted molar refractivity (Wildman–Crippen MR) is 80.5 cm³/mol. The maximum atomic E-state index is 6.26. The fraction of sp³-hybridized carbons (Fsp3) is 1.00. The molecule has 1 aliphatic rings. The minimum absolute atomic E-state index is 0.316. The van der Waals surface area contributed by atoms with Crippen molar-refractivity contribution >= 4 is 8.32 Å². The molecular weight excluding hydrogens is 240 g/mol. The molecule has 0 aromatic carbocycles. The Morgan fingerprint density at radius 1 is 1.17 bits per heavy atom. The molecule has 0 bridgehead atoms. The first-order valence-electron chi connectivity index (χ1n) is 7.43. The van der Waals surface area contributed by atoms with Crippen molar-refractivity contribution in [2.45, 2.75) is 84.2 Å². The standard InChI is InChI=1S/C15H32O2Si/c1-12-8-9-14(13(2)17-12)10-11-16-18(6,7)15(3,4)5/h12-14H,8-11H2,1-7H3/t12?,13?,14-/m0/s1. The van der Waals surface area contributed by atoms with Gasteiger partial charge in [0, 0.05) is 6.61 Å². The van der Waals surface area contributed by atoms with Gasteiger partial charge in [-0.2, -0.15) is 0 Å². The first-order valence-corrected chi connectivity index (χ1v) is 10.3. The Balaban J connectivity index is 2.34. The molecule has 2 unspecified atom stereocenters. The Labute approximate surface area is 115 Å². The summed E-state index contributed by atoms with van der Waals surface area (Å²) in [7, 11) is -1.57. The number of rotatable bonds is 4. The van der Waals surface area contributed by atoms with E-state index in [4.69, 9.17) is 9.16 Å². The minimum Gasteiger partial charge on any atom is -0.417 e. The third kappa shape index (κ3) is 4.36. The zero-order valence-corrected chi connectivity index (χ0v) is 14.4. The van der Waals surface area contributed by atoms with Crippen LogP contribution >= 0.6 is 0 Å². The van der Waals surface area contributed by atoms with Gasteiger partial charge >= 0.3 is 0 Å². The van der Waals surface area contributed by atoms with Gasteiger partial charge in [-0.15, -0.1) is 0 Å². The zero-order valence-electron chi connectivity index (χ0n) is 13.4. The molecule has 18 heavy (non-hydrogen) atoms. The van der Waals surface area contributed by atoms with Gasteiger partial charge in [-0.1, -0.05) is 20.8 Å². The van der Waals surface area contributed by atoms with E-state index in [2.05, 4.69) is 47.7 Å². The normalized spacial score (nSPS) is 30.5. The van der Waals surface area contributed by atoms with E-state index in [0.717, 1.165) is 13.0 Å². The second-order valence-corrected chi connectivity index (χ2v) is 12.2. The molecule has 1 aliphatic heterocycles. The van der Waals surface area contributed by atoms with Crippen LogP contribution in [0.4, 0.5) is 0 Å². The van der Waals surface area contributed by atoms with Crippen LogP contribution in [0.15, 0.2) is 0 Å². The van der Waals surface area contributed by atoms with Gasteiger partial charge in [0.25, 0.3) is 0 Å². The van der Waals surface area contributed by atoms with Crippen molar-refractivity contribution in [3.63, 3.8) is 0 Å². The van der Waals surface area contributed by atoms with E-state index in [-0.39, 0.29) is 0 Å². The van der Waals surface area contributed by atoms with Gasteiger partial charge in [-0.05, 0) is 57.2 Å². The molecule has 0 spiro atoms. The molecule has 0 N–H and O–H groups in total. The van der Waals surface area contributed by atoms with Crippen molar-refractivity contribution in [2.24, 2.45) is 5.92 Å². The van der Waals surface area contributed by atoms with E-state index in [1.165, 1.54) is 12.8 Å². The third-order valence-corrected chi connectivity index (χ3v) is 9.35. The molecule has 1 fully saturated rings. The Bertz CT molecular complexity index is 258. The van der Waals surface area contributed by atoms with E-state index in [1.807, 2.05) is 0 Å². The summed E-state index contributed by atoms with van der Waals surface area (Å²) in [5.74, 6) is 0.686. The van der Waals surface area contributed by atoms with Crippen LogP contribution in [-0.4, -0.2) is 27.1 Å². The molecule has 1 saturated heterocycles. The molecular formula is C15H32O2Si. The lowest BCUT2D eigenvalue weighted by molar-refractivity contribution is -0.0691. The topological polar surface area (TPSA) is 18.5 Å². The molecule has 108 valence electrons. The second kappa shape index (κ2) is 6.06. The van der Waals surface area contributed by atoms with Crippen molar-refractivity contribution in [1.82, 2.24) is 0 Å². The van der Waals surface area contributed by atoms with E-state index in [9.17, 15) is 0 Å². The van der Waals surface area contributed by atoms with Gasteiger partial charge in [-0.3, -0.25) is 0 Å². The van der Waals surface area contributed by atoms with Crippen LogP contribution in [0.2, 0.25) is 18.1 Å². The quantitative estimate of drug-likeness (QED) is 0.696. The lowest BCUT2D eigenvalue weighted by Crippen LogP contribution is -2.41. The largest absolute Gasteiger partial charge is 0.417 e. The Morgan fingerprint density at radius 2 is 1.78 bits per heavy atom. The van der Waals surface area contributed by atoms with Crippen molar-refractivity contribution in [3.8, 4) is 0 Å². The molecule has 0 radical (unpaired) electrons. The van der Waals surface area contributed by atoms with Gasteiger partial charge in [0.15, 0.2) is 8.32 Å². The summed E-state index contributed by atoms with van der Waals surface area (Å²) in [6.45, 7) is 16.9. The van der Waals surface area contributed by atoms with Crippen molar-refractivity contribution in [2.75, 3.05) is 6.61 Å². The zero-order chi connectivity index (χ0) is 14.0. The van der Waals surface area contributed by atoms with Crippen molar-refractivity contribution in [1.29, 1.82) is 0 Å². The maximum Gasteiger partial charge on any atom is 0.191 e. The predicted octanol–water partition coefficient (Wildman–Crippen LogP) is 4.60. The van der Waals surface area contributed by atoms with E-state index >= 15 is 0 Å². The lowest BCUT2D eigenvalue weighted by atomic mass is 9.90. The van der Waals surface area contributed by atoms with Crippen molar-refractivity contribution in [3.05, 3.63) is 0 Å². The molecule has 1 heterocycles. The molecule has 2 nitrogen and oxygen atoms in total. The Hall–Kier alpha value is 0.137. The highest BCUT2D eigenvalue weighted by Gasteiger charge is 2.37. The molecule has 3 heteroatoms. The molecule has 0 aliphatic carbocycles. The van der Waals surface area contributed by atoms with E-state index < -0.39 is 8.32 Å². The van der Waals surface area contributed by atoms with Crippen LogP contribution in [0.25, 0.3) is 0 Å². The number of ether oxygens (including phenoxy) is 1. The van der Waals surface area contributed by atoms with Gasteiger partial charge < -0.3 is 9.16 Å². The molecule has 0 saturated carbocycles. The summed E-state index contributed by atoms with van der Waals surface area (Å²) in [6, 6.07) is 0. The number of hydrogen-bond acceptors (Lipinski definition) is 2. The second-order valence-electron chi connectivity index (χ2n) is 7.39. The van der Waals surface area contributed by atoms with Gasteiger partial charge in [-0.25, -0.2) is 0 Å². The van der Waals surface area contributed by atoms with Crippen molar-refractivity contribution < 1.29 is 9.16 Å². The summed E-state index contributed by atoms with van der Waals surface area (Å²) in [5, 5.41) is 0.316. The minimum atomic E-state index is -1.57. The highest BCUT2D eigenvalue weighted by atomic mass is 28.4. The Morgan fingerprint density at radius 3 is 2.28 bits per heavy atom. The lowest BCUT2D eigenvalue weighted by Gasteiger charge is -2.38. The van der Waals surface area contributed by atoms with Gasteiger partial charge in [0.2, 0.25) is 0 Å².